The Morgan fingerprint density at radius 2 is 2.03 bits per heavy atom. The van der Waals surface area contributed by atoms with Crippen LogP contribution < -0.4 is 0 Å². The minimum atomic E-state index is -1.60. The van der Waals surface area contributed by atoms with Crippen molar-refractivity contribution < 1.29 is 20.1 Å². The summed E-state index contributed by atoms with van der Waals surface area (Å²) in [5.41, 5.74) is 2.63. The number of aliphatic hydroxyl groups is 3. The lowest BCUT2D eigenvalue weighted by atomic mass is 9.96. The number of benzene rings is 1. The molecule has 1 saturated heterocycles. The van der Waals surface area contributed by atoms with E-state index < -0.39 is 30.6 Å². The number of aliphatic hydroxyl groups excluding tert-OH is 2. The number of rotatable bonds is 5. The van der Waals surface area contributed by atoms with Crippen molar-refractivity contribution in [2.24, 2.45) is 0 Å². The molecule has 1 aromatic carbocycles. The van der Waals surface area contributed by atoms with E-state index in [0.29, 0.717) is 17.6 Å². The molecule has 4 N–H and O–H groups in total. The molecule has 0 spiro atoms. The van der Waals surface area contributed by atoms with Gasteiger partial charge in [0, 0.05) is 17.1 Å². The maximum atomic E-state index is 10.8. The zero-order chi connectivity index (χ0) is 20.9. The lowest BCUT2D eigenvalue weighted by Crippen LogP contribution is -2.44. The maximum Gasteiger partial charge on any atom is 0.168 e. The maximum absolute atomic E-state index is 10.8. The molecule has 4 heterocycles. The highest BCUT2D eigenvalue weighted by molar-refractivity contribution is 5.83. The summed E-state index contributed by atoms with van der Waals surface area (Å²) in [6, 6.07) is 8.16. The van der Waals surface area contributed by atoms with E-state index in [9.17, 15) is 15.3 Å². The van der Waals surface area contributed by atoms with Crippen molar-refractivity contribution in [3.05, 3.63) is 54.4 Å². The molecule has 30 heavy (non-hydrogen) atoms. The summed E-state index contributed by atoms with van der Waals surface area (Å²) in [5, 5.41) is 31.7. The van der Waals surface area contributed by atoms with Crippen molar-refractivity contribution in [2.75, 3.05) is 6.61 Å². The van der Waals surface area contributed by atoms with Gasteiger partial charge in [-0.1, -0.05) is 18.2 Å². The SMILES string of the molecule is C[C@]1(O)C(n2cnc3c(CCc4c[nH]c5ccccc45)ncnc32)O[C@H](CO)[C@H]1O. The first-order valence-corrected chi connectivity index (χ1v) is 9.89. The number of imidazole rings is 1. The van der Waals surface area contributed by atoms with Crippen LogP contribution in [0.3, 0.4) is 0 Å². The Hall–Kier alpha value is -2.85. The average Bonchev–Trinajstić information content (AvgIpc) is 3.42. The summed E-state index contributed by atoms with van der Waals surface area (Å²) >= 11 is 0. The summed E-state index contributed by atoms with van der Waals surface area (Å²) in [7, 11) is 0. The first-order valence-electron chi connectivity index (χ1n) is 9.89. The Morgan fingerprint density at radius 3 is 2.83 bits per heavy atom. The number of aromatic nitrogens is 5. The third-order valence-corrected chi connectivity index (χ3v) is 5.93. The van der Waals surface area contributed by atoms with Gasteiger partial charge in [-0.2, -0.15) is 0 Å². The predicted octanol–water partition coefficient (Wildman–Crippen LogP) is 1.09. The fourth-order valence-electron chi connectivity index (χ4n) is 4.24. The predicted molar refractivity (Wildman–Crippen MR) is 109 cm³/mol. The molecule has 3 aromatic heterocycles. The third kappa shape index (κ3) is 2.90. The molecule has 9 nitrogen and oxygen atoms in total. The topological polar surface area (TPSA) is 129 Å². The number of nitrogens with zero attached hydrogens (tertiary/aromatic N) is 4. The van der Waals surface area contributed by atoms with Crippen LogP contribution in [0.4, 0.5) is 0 Å². The van der Waals surface area contributed by atoms with Gasteiger partial charge in [0.25, 0.3) is 0 Å². The van der Waals surface area contributed by atoms with Crippen LogP contribution in [0.15, 0.2) is 43.1 Å². The van der Waals surface area contributed by atoms with Gasteiger partial charge in [-0.25, -0.2) is 15.0 Å². The molecule has 5 rings (SSSR count). The Bertz CT molecular complexity index is 1200. The van der Waals surface area contributed by atoms with Crippen LogP contribution in [0, 0.1) is 0 Å². The molecule has 1 fully saturated rings. The van der Waals surface area contributed by atoms with Gasteiger partial charge in [0.15, 0.2) is 11.9 Å². The quantitative estimate of drug-likeness (QED) is 0.388. The first kappa shape index (κ1) is 19.1. The molecular formula is C21H23N5O4. The van der Waals surface area contributed by atoms with Crippen LogP contribution in [0.25, 0.3) is 22.1 Å². The summed E-state index contributed by atoms with van der Waals surface area (Å²) in [6.07, 6.45) is 3.43. The second-order valence-corrected chi connectivity index (χ2v) is 7.88. The smallest absolute Gasteiger partial charge is 0.168 e. The molecule has 0 amide bonds. The summed E-state index contributed by atoms with van der Waals surface area (Å²) in [4.78, 5) is 16.5. The number of hydrogen-bond acceptors (Lipinski definition) is 7. The standard InChI is InChI=1S/C21H23N5O4/c1-21(29)18(28)16(9-27)30-20(21)26-11-25-17-15(23-10-24-19(17)26)7-6-12-8-22-14-5-3-2-4-13(12)14/h2-5,8,10-11,16,18,20,22,27-29H,6-7,9H2,1H3/t16-,18-,20?,21-/m1/s1. The van der Waals surface area contributed by atoms with Gasteiger partial charge in [0.1, 0.15) is 29.7 Å². The number of H-pyrrole nitrogens is 1. The van der Waals surface area contributed by atoms with E-state index in [1.165, 1.54) is 30.5 Å². The Kier molecular flexibility index (Phi) is 4.55. The van der Waals surface area contributed by atoms with Crippen LogP contribution >= 0.6 is 0 Å². The molecule has 9 heteroatoms. The molecule has 0 radical (unpaired) electrons. The molecular weight excluding hydrogens is 386 g/mol. The van der Waals surface area contributed by atoms with Crippen molar-refractivity contribution in [1.29, 1.82) is 0 Å². The van der Waals surface area contributed by atoms with Gasteiger partial charge in [0.05, 0.1) is 18.6 Å². The molecule has 1 aliphatic heterocycles. The highest BCUT2D eigenvalue weighted by Gasteiger charge is 2.53. The van der Waals surface area contributed by atoms with Crippen molar-refractivity contribution in [1.82, 2.24) is 24.5 Å². The van der Waals surface area contributed by atoms with Gasteiger partial charge in [-0.3, -0.25) is 4.57 Å². The Morgan fingerprint density at radius 1 is 1.20 bits per heavy atom. The number of para-hydroxylation sites is 1. The van der Waals surface area contributed by atoms with E-state index in [1.54, 1.807) is 4.57 Å². The highest BCUT2D eigenvalue weighted by atomic mass is 16.6. The second-order valence-electron chi connectivity index (χ2n) is 7.88. The summed E-state index contributed by atoms with van der Waals surface area (Å²) in [6.45, 7) is 1.08. The van der Waals surface area contributed by atoms with Gasteiger partial charge in [0.2, 0.25) is 0 Å². The first-order chi connectivity index (χ1) is 14.5. The van der Waals surface area contributed by atoms with Crippen LogP contribution in [0.1, 0.15) is 24.4 Å². The van der Waals surface area contributed by atoms with E-state index in [4.69, 9.17) is 4.74 Å². The van der Waals surface area contributed by atoms with E-state index in [1.807, 2.05) is 24.4 Å². The van der Waals surface area contributed by atoms with Crippen molar-refractivity contribution in [3.8, 4) is 0 Å². The third-order valence-electron chi connectivity index (χ3n) is 5.93. The number of nitrogens with one attached hydrogen (secondary N) is 1. The number of aryl methyl sites for hydroxylation is 2. The normalized spacial score (nSPS) is 26.7. The van der Waals surface area contributed by atoms with Crippen molar-refractivity contribution in [2.45, 2.75) is 43.8 Å². The zero-order valence-electron chi connectivity index (χ0n) is 16.4. The second kappa shape index (κ2) is 7.13. The largest absolute Gasteiger partial charge is 0.394 e. The number of fused-ring (bicyclic) bond motifs is 2. The lowest BCUT2D eigenvalue weighted by molar-refractivity contribution is -0.0950. The number of ether oxygens (including phenoxy) is 1. The number of hydrogen-bond donors (Lipinski definition) is 4. The molecule has 1 aliphatic rings. The fourth-order valence-corrected chi connectivity index (χ4v) is 4.24. The molecule has 4 aromatic rings. The van der Waals surface area contributed by atoms with Crippen molar-refractivity contribution >= 4 is 22.1 Å². The van der Waals surface area contributed by atoms with Crippen molar-refractivity contribution in [3.63, 3.8) is 0 Å². The van der Waals surface area contributed by atoms with Crippen LogP contribution in [0.5, 0.6) is 0 Å². The minimum Gasteiger partial charge on any atom is -0.394 e. The fraction of sp³-hybridized carbons (Fsp3) is 0.381. The lowest BCUT2D eigenvalue weighted by Gasteiger charge is -2.27. The van der Waals surface area contributed by atoms with Crippen LogP contribution in [-0.2, 0) is 17.6 Å². The minimum absolute atomic E-state index is 0.398. The molecule has 0 bridgehead atoms. The molecule has 4 atom stereocenters. The van der Waals surface area contributed by atoms with E-state index in [0.717, 1.165) is 17.6 Å². The Labute approximate surface area is 172 Å². The van der Waals surface area contributed by atoms with Gasteiger partial charge in [-0.15, -0.1) is 0 Å². The highest BCUT2D eigenvalue weighted by Crippen LogP contribution is 2.39. The van der Waals surface area contributed by atoms with Crippen LogP contribution in [-0.4, -0.2) is 64.2 Å². The Balaban J connectivity index is 1.45. The summed E-state index contributed by atoms with van der Waals surface area (Å²) in [5.74, 6) is 0. The van der Waals surface area contributed by atoms with E-state index >= 15 is 0 Å². The van der Waals surface area contributed by atoms with Crippen LogP contribution in [0.2, 0.25) is 0 Å². The molecule has 1 unspecified atom stereocenters. The molecule has 156 valence electrons. The van der Waals surface area contributed by atoms with Gasteiger partial charge < -0.3 is 25.0 Å². The van der Waals surface area contributed by atoms with Gasteiger partial charge in [-0.05, 0) is 31.4 Å². The molecule has 0 saturated carbocycles. The monoisotopic (exact) mass is 409 g/mol. The van der Waals surface area contributed by atoms with Gasteiger partial charge >= 0.3 is 0 Å². The average molecular weight is 409 g/mol. The van der Waals surface area contributed by atoms with E-state index in [2.05, 4.69) is 26.0 Å². The van der Waals surface area contributed by atoms with E-state index in [-0.39, 0.29) is 0 Å². The zero-order valence-corrected chi connectivity index (χ0v) is 16.4. The summed E-state index contributed by atoms with van der Waals surface area (Å²) < 4.78 is 7.29. The number of aromatic amines is 1. The molecule has 0 aliphatic carbocycles.